The maximum Gasteiger partial charge on any atom is 0.146 e. The van der Waals surface area contributed by atoms with Crippen molar-refractivity contribution in [1.82, 2.24) is 9.55 Å². The van der Waals surface area contributed by atoms with Gasteiger partial charge in [-0.25, -0.2) is 4.98 Å². The average Bonchev–Trinajstić information content (AvgIpc) is 3.05. The van der Waals surface area contributed by atoms with Gasteiger partial charge in [-0.05, 0) is 19.4 Å². The topological polar surface area (TPSA) is 30.2 Å². The number of rotatable bonds is 2. The van der Waals surface area contributed by atoms with Crippen LogP contribution >= 0.6 is 11.8 Å². The molecule has 4 heteroatoms. The van der Waals surface area contributed by atoms with Crippen LogP contribution in [0.1, 0.15) is 39.9 Å². The first-order valence-corrected chi connectivity index (χ1v) is 7.53. The van der Waals surface area contributed by atoms with Crippen LogP contribution in [0.2, 0.25) is 0 Å². The molecular formula is C15H23N3S. The van der Waals surface area contributed by atoms with Gasteiger partial charge in [0.2, 0.25) is 0 Å². The van der Waals surface area contributed by atoms with E-state index >= 15 is 0 Å². The molecular weight excluding hydrogens is 254 g/mol. The number of imidazole rings is 1. The number of aromatic nitrogens is 2. The summed E-state index contributed by atoms with van der Waals surface area (Å²) in [5.74, 6) is 1.01. The molecule has 0 saturated heterocycles. The van der Waals surface area contributed by atoms with Crippen LogP contribution in [0, 0.1) is 0 Å². The molecule has 1 aliphatic heterocycles. The molecule has 0 fully saturated rings. The van der Waals surface area contributed by atoms with E-state index in [1.807, 2.05) is 44.9 Å². The highest BCUT2D eigenvalue weighted by atomic mass is 32.2. The zero-order valence-electron chi connectivity index (χ0n) is 12.7. The number of thioether (sulfide) groups is 1. The van der Waals surface area contributed by atoms with Crippen molar-refractivity contribution >= 4 is 22.4 Å². The Labute approximate surface area is 120 Å². The minimum Gasteiger partial charge on any atom is -0.334 e. The summed E-state index contributed by atoms with van der Waals surface area (Å²) in [6.45, 7) is 8.34. The molecule has 0 amide bonds. The van der Waals surface area contributed by atoms with Gasteiger partial charge in [-0.3, -0.25) is 4.99 Å². The number of hydrogen-bond acceptors (Lipinski definition) is 3. The summed E-state index contributed by atoms with van der Waals surface area (Å²) in [7, 11) is 3.86. The molecule has 0 aromatic carbocycles. The summed E-state index contributed by atoms with van der Waals surface area (Å²) in [4.78, 5) is 11.2. The van der Waals surface area contributed by atoms with E-state index in [0.717, 1.165) is 18.0 Å². The highest BCUT2D eigenvalue weighted by molar-refractivity contribution is 8.13. The minimum absolute atomic E-state index is 1.01. The Balaban J connectivity index is 0.000000861. The molecule has 1 aromatic rings. The van der Waals surface area contributed by atoms with Crippen molar-refractivity contribution in [3.63, 3.8) is 0 Å². The largest absolute Gasteiger partial charge is 0.334 e. The Morgan fingerprint density at radius 2 is 2.11 bits per heavy atom. The van der Waals surface area contributed by atoms with E-state index in [2.05, 4.69) is 29.9 Å². The van der Waals surface area contributed by atoms with E-state index in [1.165, 1.54) is 15.4 Å². The molecule has 3 nitrogen and oxygen atoms in total. The summed E-state index contributed by atoms with van der Waals surface area (Å²) >= 11 is 1.77. The smallest absolute Gasteiger partial charge is 0.146 e. The summed E-state index contributed by atoms with van der Waals surface area (Å²) in [5, 5.41) is 0. The van der Waals surface area contributed by atoms with E-state index in [-0.39, 0.29) is 0 Å². The number of allylic oxidation sites excluding steroid dienone is 3. The van der Waals surface area contributed by atoms with E-state index in [9.17, 15) is 0 Å². The fourth-order valence-electron chi connectivity index (χ4n) is 1.73. The molecule has 0 atom stereocenters. The SMILES string of the molecule is CC.CC/C(C)=C1/SC(c2nccn2C)=CC1=NC. The molecule has 0 spiro atoms. The lowest BCUT2D eigenvalue weighted by Crippen LogP contribution is -1.93. The number of aliphatic imine (C=N–C) groups is 1. The van der Waals surface area contributed by atoms with Crippen molar-refractivity contribution in [2.24, 2.45) is 12.0 Å². The van der Waals surface area contributed by atoms with Crippen LogP contribution in [-0.4, -0.2) is 22.3 Å². The van der Waals surface area contributed by atoms with Gasteiger partial charge < -0.3 is 4.57 Å². The third-order valence-corrected chi connectivity index (χ3v) is 4.19. The van der Waals surface area contributed by atoms with Crippen molar-refractivity contribution in [1.29, 1.82) is 0 Å². The van der Waals surface area contributed by atoms with Crippen molar-refractivity contribution in [2.45, 2.75) is 34.1 Å². The number of aryl methyl sites for hydroxylation is 1. The van der Waals surface area contributed by atoms with Gasteiger partial charge in [-0.2, -0.15) is 0 Å². The van der Waals surface area contributed by atoms with Crippen molar-refractivity contribution in [3.8, 4) is 0 Å². The van der Waals surface area contributed by atoms with Gasteiger partial charge in [0.05, 0.1) is 10.6 Å². The Kier molecular flexibility index (Phi) is 6.09. The molecule has 1 aromatic heterocycles. The molecule has 0 N–H and O–H groups in total. The summed E-state index contributed by atoms with van der Waals surface area (Å²) in [5.41, 5.74) is 2.46. The number of nitrogens with zero attached hydrogens (tertiary/aromatic N) is 3. The first-order valence-electron chi connectivity index (χ1n) is 6.71. The summed E-state index contributed by atoms with van der Waals surface area (Å²) in [6.07, 6.45) is 6.98. The number of hydrogen-bond donors (Lipinski definition) is 0. The predicted octanol–water partition coefficient (Wildman–Crippen LogP) is 4.29. The van der Waals surface area contributed by atoms with E-state index in [1.54, 1.807) is 11.8 Å². The van der Waals surface area contributed by atoms with E-state index < -0.39 is 0 Å². The van der Waals surface area contributed by atoms with Crippen LogP contribution in [0.25, 0.3) is 4.91 Å². The molecule has 2 rings (SSSR count). The van der Waals surface area contributed by atoms with Crippen LogP contribution in [0.4, 0.5) is 0 Å². The van der Waals surface area contributed by atoms with Crippen molar-refractivity contribution < 1.29 is 0 Å². The van der Waals surface area contributed by atoms with Crippen LogP contribution in [0.5, 0.6) is 0 Å². The molecule has 104 valence electrons. The van der Waals surface area contributed by atoms with Gasteiger partial charge in [-0.15, -0.1) is 0 Å². The molecule has 0 aliphatic carbocycles. The zero-order chi connectivity index (χ0) is 14.4. The Morgan fingerprint density at radius 3 is 2.58 bits per heavy atom. The molecule has 0 bridgehead atoms. The van der Waals surface area contributed by atoms with Crippen LogP contribution in [0.15, 0.2) is 33.9 Å². The van der Waals surface area contributed by atoms with Crippen molar-refractivity contribution in [2.75, 3.05) is 7.05 Å². The Morgan fingerprint density at radius 1 is 1.42 bits per heavy atom. The second kappa shape index (κ2) is 7.34. The predicted molar refractivity (Wildman–Crippen MR) is 86.5 cm³/mol. The second-order valence-electron chi connectivity index (χ2n) is 4.04. The Hall–Kier alpha value is -1.29. The third kappa shape index (κ3) is 3.38. The van der Waals surface area contributed by atoms with Gasteiger partial charge in [0.25, 0.3) is 0 Å². The molecule has 19 heavy (non-hydrogen) atoms. The molecule has 2 heterocycles. The fourth-order valence-corrected chi connectivity index (χ4v) is 2.98. The second-order valence-corrected chi connectivity index (χ2v) is 5.10. The lowest BCUT2D eigenvalue weighted by atomic mass is 10.1. The maximum atomic E-state index is 4.38. The molecule has 0 radical (unpaired) electrons. The highest BCUT2D eigenvalue weighted by Gasteiger charge is 2.22. The maximum absolute atomic E-state index is 4.38. The average molecular weight is 277 g/mol. The molecule has 0 unspecified atom stereocenters. The van der Waals surface area contributed by atoms with Gasteiger partial charge in [-0.1, -0.05) is 38.1 Å². The third-order valence-electron chi connectivity index (χ3n) is 2.91. The quantitative estimate of drug-likeness (QED) is 0.807. The summed E-state index contributed by atoms with van der Waals surface area (Å²) in [6, 6.07) is 0. The van der Waals surface area contributed by atoms with Gasteiger partial charge in [0, 0.05) is 31.4 Å². The molecule has 0 saturated carbocycles. The Bertz CT molecular complexity index is 521. The lowest BCUT2D eigenvalue weighted by molar-refractivity contribution is 0.896. The first kappa shape index (κ1) is 15.8. The highest BCUT2D eigenvalue weighted by Crippen LogP contribution is 2.41. The first-order chi connectivity index (χ1) is 9.17. The van der Waals surface area contributed by atoms with Gasteiger partial charge in [0.1, 0.15) is 5.82 Å². The van der Waals surface area contributed by atoms with Crippen molar-refractivity contribution in [3.05, 3.63) is 34.8 Å². The van der Waals surface area contributed by atoms with Gasteiger partial charge >= 0.3 is 0 Å². The monoisotopic (exact) mass is 277 g/mol. The normalized spacial score (nSPS) is 19.1. The standard InChI is InChI=1S/C13H17N3S.C2H6/c1-5-9(2)12-10(14-3)8-11(17-12)13-15-6-7-16(13)4;1-2/h6-8H,5H2,1-4H3;1-2H3/b12-9+,14-10?;. The van der Waals surface area contributed by atoms with Crippen LogP contribution in [0.3, 0.4) is 0 Å². The van der Waals surface area contributed by atoms with Crippen LogP contribution < -0.4 is 0 Å². The zero-order valence-corrected chi connectivity index (χ0v) is 13.5. The molecule has 1 aliphatic rings. The van der Waals surface area contributed by atoms with E-state index in [0.29, 0.717) is 0 Å². The lowest BCUT2D eigenvalue weighted by Gasteiger charge is -2.05. The summed E-state index contributed by atoms with van der Waals surface area (Å²) < 4.78 is 2.04. The van der Waals surface area contributed by atoms with E-state index in [4.69, 9.17) is 0 Å². The van der Waals surface area contributed by atoms with Gasteiger partial charge in [0.15, 0.2) is 0 Å². The minimum atomic E-state index is 1.01. The van der Waals surface area contributed by atoms with Crippen LogP contribution in [-0.2, 0) is 7.05 Å². The fraction of sp³-hybridized carbons (Fsp3) is 0.467.